The number of aliphatic hydroxyl groups excluding tert-OH is 1. The van der Waals surface area contributed by atoms with Crippen molar-refractivity contribution in [1.82, 2.24) is 10.2 Å². The Labute approximate surface area is 102 Å². The van der Waals surface area contributed by atoms with E-state index in [-0.39, 0.29) is 0 Å². The van der Waals surface area contributed by atoms with Crippen LogP contribution in [0, 0.1) is 0 Å². The second kappa shape index (κ2) is 5.64. The van der Waals surface area contributed by atoms with Gasteiger partial charge in [-0.15, -0.1) is 0 Å². The van der Waals surface area contributed by atoms with Crippen LogP contribution in [0.25, 0.3) is 11.3 Å². The molecule has 1 heterocycles. The van der Waals surface area contributed by atoms with Crippen LogP contribution >= 0.6 is 0 Å². The maximum Gasteiger partial charge on any atom is 0.0796 e. The Bertz CT molecular complexity index is 451. The highest BCUT2D eigenvalue weighted by Crippen LogP contribution is 2.29. The number of aliphatic hydroxyl groups is 1. The molecule has 1 atom stereocenters. The fourth-order valence-corrected chi connectivity index (χ4v) is 1.99. The molecule has 2 rings (SSSR count). The van der Waals surface area contributed by atoms with E-state index in [4.69, 9.17) is 0 Å². The van der Waals surface area contributed by atoms with E-state index < -0.39 is 6.10 Å². The highest BCUT2D eigenvalue weighted by Gasteiger charge is 2.13. The van der Waals surface area contributed by atoms with E-state index in [1.807, 2.05) is 30.3 Å². The van der Waals surface area contributed by atoms with E-state index in [0.29, 0.717) is 0 Å². The van der Waals surface area contributed by atoms with Crippen LogP contribution < -0.4 is 0 Å². The molecule has 1 aromatic carbocycles. The van der Waals surface area contributed by atoms with Crippen LogP contribution in [0.5, 0.6) is 0 Å². The highest BCUT2D eigenvalue weighted by molar-refractivity contribution is 5.63. The first-order valence-electron chi connectivity index (χ1n) is 6.09. The third kappa shape index (κ3) is 2.74. The summed E-state index contributed by atoms with van der Waals surface area (Å²) < 4.78 is 0. The third-order valence-corrected chi connectivity index (χ3v) is 2.94. The van der Waals surface area contributed by atoms with Gasteiger partial charge in [-0.05, 0) is 18.1 Å². The number of hydrogen-bond donors (Lipinski definition) is 2. The van der Waals surface area contributed by atoms with Crippen LogP contribution in [0.1, 0.15) is 37.9 Å². The van der Waals surface area contributed by atoms with Crippen molar-refractivity contribution in [3.63, 3.8) is 0 Å². The number of nitrogens with one attached hydrogen (secondary N) is 1. The minimum atomic E-state index is -0.394. The molecule has 0 saturated heterocycles. The maximum absolute atomic E-state index is 10.2. The van der Waals surface area contributed by atoms with Gasteiger partial charge >= 0.3 is 0 Å². The Morgan fingerprint density at radius 3 is 2.82 bits per heavy atom. The summed E-state index contributed by atoms with van der Waals surface area (Å²) in [4.78, 5) is 0. The zero-order valence-corrected chi connectivity index (χ0v) is 10.1. The van der Waals surface area contributed by atoms with Crippen molar-refractivity contribution in [2.75, 3.05) is 0 Å². The monoisotopic (exact) mass is 230 g/mol. The van der Waals surface area contributed by atoms with E-state index in [2.05, 4.69) is 17.1 Å². The van der Waals surface area contributed by atoms with E-state index in [1.54, 1.807) is 6.20 Å². The lowest BCUT2D eigenvalue weighted by atomic mass is 9.97. The molecule has 0 aliphatic heterocycles. The lowest BCUT2D eigenvalue weighted by Crippen LogP contribution is -2.00. The van der Waals surface area contributed by atoms with Gasteiger partial charge in [-0.2, -0.15) is 5.10 Å². The standard InChI is InChI=1S/C14H18N2O/c1-2-3-8-14(17)12-7-5-4-6-11(12)13-9-10-15-16-13/h4-7,9-10,14,17H,2-3,8H2,1H3,(H,15,16). The number of rotatable bonds is 5. The molecule has 2 aromatic rings. The van der Waals surface area contributed by atoms with E-state index >= 15 is 0 Å². The van der Waals surface area contributed by atoms with Crippen molar-refractivity contribution in [2.45, 2.75) is 32.3 Å². The summed E-state index contributed by atoms with van der Waals surface area (Å²) in [5.41, 5.74) is 2.97. The molecule has 0 fully saturated rings. The lowest BCUT2D eigenvalue weighted by molar-refractivity contribution is 0.165. The van der Waals surface area contributed by atoms with Crippen molar-refractivity contribution in [1.29, 1.82) is 0 Å². The molecule has 1 aromatic heterocycles. The second-order valence-corrected chi connectivity index (χ2v) is 4.22. The van der Waals surface area contributed by atoms with Crippen LogP contribution in [0.4, 0.5) is 0 Å². The highest BCUT2D eigenvalue weighted by atomic mass is 16.3. The maximum atomic E-state index is 10.2. The normalized spacial score (nSPS) is 12.6. The smallest absolute Gasteiger partial charge is 0.0796 e. The number of H-pyrrole nitrogens is 1. The summed E-state index contributed by atoms with van der Waals surface area (Å²) in [7, 11) is 0. The minimum Gasteiger partial charge on any atom is -0.388 e. The molecular weight excluding hydrogens is 212 g/mol. The molecule has 1 unspecified atom stereocenters. The number of aromatic nitrogens is 2. The first-order chi connectivity index (χ1) is 8.33. The molecule has 2 N–H and O–H groups in total. The molecule has 0 radical (unpaired) electrons. The average molecular weight is 230 g/mol. The summed E-state index contributed by atoms with van der Waals surface area (Å²) in [5.74, 6) is 0. The van der Waals surface area contributed by atoms with Crippen molar-refractivity contribution in [2.24, 2.45) is 0 Å². The Morgan fingerprint density at radius 2 is 2.12 bits per heavy atom. The van der Waals surface area contributed by atoms with Gasteiger partial charge in [-0.1, -0.05) is 44.0 Å². The predicted octanol–water partition coefficient (Wildman–Crippen LogP) is 3.30. The summed E-state index contributed by atoms with van der Waals surface area (Å²) >= 11 is 0. The minimum absolute atomic E-state index is 0.394. The molecule has 0 spiro atoms. The van der Waals surface area contributed by atoms with E-state index in [9.17, 15) is 5.11 Å². The molecule has 17 heavy (non-hydrogen) atoms. The molecule has 3 heteroatoms. The van der Waals surface area contributed by atoms with Gasteiger partial charge in [0, 0.05) is 11.8 Å². The van der Waals surface area contributed by atoms with Gasteiger partial charge in [0.25, 0.3) is 0 Å². The van der Waals surface area contributed by atoms with Gasteiger partial charge in [0.2, 0.25) is 0 Å². The van der Waals surface area contributed by atoms with Gasteiger partial charge in [0.05, 0.1) is 11.8 Å². The number of nitrogens with zero attached hydrogens (tertiary/aromatic N) is 1. The topological polar surface area (TPSA) is 48.9 Å². The second-order valence-electron chi connectivity index (χ2n) is 4.22. The molecule has 0 aliphatic rings. The van der Waals surface area contributed by atoms with Crippen molar-refractivity contribution >= 4 is 0 Å². The van der Waals surface area contributed by atoms with E-state index in [1.165, 1.54) is 0 Å². The summed E-state index contributed by atoms with van der Waals surface area (Å²) in [6.07, 6.45) is 4.28. The van der Waals surface area contributed by atoms with Gasteiger partial charge in [-0.3, -0.25) is 5.10 Å². The summed E-state index contributed by atoms with van der Waals surface area (Å²) in [6.45, 7) is 2.13. The first-order valence-corrected chi connectivity index (χ1v) is 6.09. The number of unbranched alkanes of at least 4 members (excludes halogenated alkanes) is 1. The Balaban J connectivity index is 2.28. The zero-order chi connectivity index (χ0) is 12.1. The number of aromatic amines is 1. The fourth-order valence-electron chi connectivity index (χ4n) is 1.99. The largest absolute Gasteiger partial charge is 0.388 e. The van der Waals surface area contributed by atoms with Crippen LogP contribution in [-0.2, 0) is 0 Å². The van der Waals surface area contributed by atoms with Crippen LogP contribution in [-0.4, -0.2) is 15.3 Å². The molecule has 3 nitrogen and oxygen atoms in total. The van der Waals surface area contributed by atoms with Gasteiger partial charge in [0.1, 0.15) is 0 Å². The van der Waals surface area contributed by atoms with Crippen molar-refractivity contribution in [3.8, 4) is 11.3 Å². The molecule has 90 valence electrons. The molecular formula is C14H18N2O. The Kier molecular flexibility index (Phi) is 3.94. The average Bonchev–Trinajstić information content (AvgIpc) is 2.89. The first kappa shape index (κ1) is 11.9. The predicted molar refractivity (Wildman–Crippen MR) is 68.5 cm³/mol. The number of benzene rings is 1. The van der Waals surface area contributed by atoms with Crippen molar-refractivity contribution < 1.29 is 5.11 Å². The quantitative estimate of drug-likeness (QED) is 0.828. The summed E-state index contributed by atoms with van der Waals surface area (Å²) in [5, 5.41) is 17.1. The third-order valence-electron chi connectivity index (χ3n) is 2.94. The molecule has 0 saturated carbocycles. The van der Waals surface area contributed by atoms with Gasteiger partial charge in [-0.25, -0.2) is 0 Å². The Hall–Kier alpha value is -1.61. The van der Waals surface area contributed by atoms with Crippen LogP contribution in [0.15, 0.2) is 36.5 Å². The fraction of sp³-hybridized carbons (Fsp3) is 0.357. The van der Waals surface area contributed by atoms with Crippen LogP contribution in [0.3, 0.4) is 0 Å². The summed E-state index contributed by atoms with van der Waals surface area (Å²) in [6, 6.07) is 9.86. The van der Waals surface area contributed by atoms with Gasteiger partial charge in [0.15, 0.2) is 0 Å². The lowest BCUT2D eigenvalue weighted by Gasteiger charge is -2.14. The Morgan fingerprint density at radius 1 is 1.29 bits per heavy atom. The van der Waals surface area contributed by atoms with Crippen molar-refractivity contribution in [3.05, 3.63) is 42.1 Å². The molecule has 0 bridgehead atoms. The SMILES string of the molecule is CCCCC(O)c1ccccc1-c1ccn[nH]1. The van der Waals surface area contributed by atoms with Crippen LogP contribution in [0.2, 0.25) is 0 Å². The number of hydrogen-bond acceptors (Lipinski definition) is 2. The van der Waals surface area contributed by atoms with Gasteiger partial charge < -0.3 is 5.11 Å². The molecule has 0 aliphatic carbocycles. The molecule has 0 amide bonds. The van der Waals surface area contributed by atoms with E-state index in [0.717, 1.165) is 36.1 Å². The zero-order valence-electron chi connectivity index (χ0n) is 10.1.